The second kappa shape index (κ2) is 8.83. The van der Waals surface area contributed by atoms with Crippen molar-refractivity contribution in [3.63, 3.8) is 0 Å². The normalized spacial score (nSPS) is 11.7. The summed E-state index contributed by atoms with van der Waals surface area (Å²) in [7, 11) is 3.25. The molecule has 0 aliphatic heterocycles. The number of thiazole rings is 1. The van der Waals surface area contributed by atoms with Gasteiger partial charge in [-0.3, -0.25) is 4.79 Å². The lowest BCUT2D eigenvalue weighted by molar-refractivity contribution is 0.0997. The van der Waals surface area contributed by atoms with E-state index in [-0.39, 0.29) is 5.91 Å². The van der Waals surface area contributed by atoms with E-state index in [1.165, 1.54) is 11.3 Å². The molecule has 0 atom stereocenters. The molecule has 0 fully saturated rings. The van der Waals surface area contributed by atoms with Crippen molar-refractivity contribution >= 4 is 27.5 Å². The second-order valence-electron chi connectivity index (χ2n) is 5.74. The molecule has 7 heteroatoms. The Kier molecular flexibility index (Phi) is 6.26. The molecule has 0 radical (unpaired) electrons. The molecule has 0 bridgehead atoms. The van der Waals surface area contributed by atoms with Crippen LogP contribution in [0.4, 0.5) is 0 Å². The zero-order chi connectivity index (χ0) is 19.2. The van der Waals surface area contributed by atoms with Crippen molar-refractivity contribution in [3.05, 3.63) is 52.8 Å². The second-order valence-corrected chi connectivity index (χ2v) is 6.75. The van der Waals surface area contributed by atoms with Crippen LogP contribution in [0, 0.1) is 0 Å². The fourth-order valence-corrected chi connectivity index (χ4v) is 3.76. The van der Waals surface area contributed by atoms with Gasteiger partial charge in [-0.2, -0.15) is 4.99 Å². The molecule has 0 aliphatic rings. The molecule has 0 aliphatic carbocycles. The third-order valence-corrected chi connectivity index (χ3v) is 5.06. The predicted molar refractivity (Wildman–Crippen MR) is 106 cm³/mol. The molecule has 2 aromatic carbocycles. The van der Waals surface area contributed by atoms with Gasteiger partial charge in [0.05, 0.1) is 30.5 Å². The van der Waals surface area contributed by atoms with E-state index in [1.54, 1.807) is 38.5 Å². The molecule has 0 N–H and O–H groups in total. The van der Waals surface area contributed by atoms with Crippen LogP contribution in [0.5, 0.6) is 11.5 Å². The first kappa shape index (κ1) is 19.1. The zero-order valence-electron chi connectivity index (χ0n) is 15.6. The highest BCUT2D eigenvalue weighted by Crippen LogP contribution is 2.23. The summed E-state index contributed by atoms with van der Waals surface area (Å²) in [6.45, 7) is 3.70. The van der Waals surface area contributed by atoms with Gasteiger partial charge in [0.15, 0.2) is 4.80 Å². The Balaban J connectivity index is 2.03. The van der Waals surface area contributed by atoms with Crippen molar-refractivity contribution < 1.29 is 19.0 Å². The summed E-state index contributed by atoms with van der Waals surface area (Å²) < 4.78 is 18.9. The highest BCUT2D eigenvalue weighted by Gasteiger charge is 2.10. The van der Waals surface area contributed by atoms with Crippen LogP contribution in [0.1, 0.15) is 17.3 Å². The van der Waals surface area contributed by atoms with Gasteiger partial charge in [0.25, 0.3) is 5.91 Å². The average molecular weight is 386 g/mol. The van der Waals surface area contributed by atoms with Gasteiger partial charge in [0.1, 0.15) is 11.5 Å². The van der Waals surface area contributed by atoms with E-state index >= 15 is 0 Å². The molecule has 6 nitrogen and oxygen atoms in total. The lowest BCUT2D eigenvalue weighted by atomic mass is 10.2. The first-order chi connectivity index (χ1) is 13.2. The lowest BCUT2D eigenvalue weighted by Gasteiger charge is -2.06. The summed E-state index contributed by atoms with van der Waals surface area (Å²) in [5.41, 5.74) is 1.52. The van der Waals surface area contributed by atoms with Crippen molar-refractivity contribution in [2.45, 2.75) is 13.5 Å². The van der Waals surface area contributed by atoms with Crippen LogP contribution in [0.25, 0.3) is 10.2 Å². The van der Waals surface area contributed by atoms with E-state index in [1.807, 2.05) is 29.7 Å². The fraction of sp³-hybridized carbons (Fsp3) is 0.300. The molecule has 0 saturated carbocycles. The minimum atomic E-state index is -0.291. The Morgan fingerprint density at radius 2 is 1.85 bits per heavy atom. The molecule has 3 rings (SSSR count). The van der Waals surface area contributed by atoms with Crippen molar-refractivity contribution in [3.8, 4) is 11.5 Å². The Bertz CT molecular complexity index is 989. The lowest BCUT2D eigenvalue weighted by Crippen LogP contribution is -2.19. The van der Waals surface area contributed by atoms with Crippen LogP contribution >= 0.6 is 11.3 Å². The molecule has 0 saturated heterocycles. The third kappa shape index (κ3) is 4.37. The van der Waals surface area contributed by atoms with Gasteiger partial charge in [-0.25, -0.2) is 0 Å². The number of methoxy groups -OCH3 is 2. The van der Waals surface area contributed by atoms with Crippen molar-refractivity contribution in [1.29, 1.82) is 0 Å². The van der Waals surface area contributed by atoms with E-state index in [0.717, 1.165) is 16.0 Å². The zero-order valence-corrected chi connectivity index (χ0v) is 16.4. The van der Waals surface area contributed by atoms with E-state index < -0.39 is 0 Å². The molecular formula is C20H22N2O4S. The molecular weight excluding hydrogens is 364 g/mol. The molecule has 1 aromatic heterocycles. The number of rotatable bonds is 7. The summed E-state index contributed by atoms with van der Waals surface area (Å²) in [5.74, 6) is 1.21. The van der Waals surface area contributed by atoms with Gasteiger partial charge in [-0.05, 0) is 49.4 Å². The highest BCUT2D eigenvalue weighted by atomic mass is 32.1. The van der Waals surface area contributed by atoms with E-state index in [9.17, 15) is 4.79 Å². The van der Waals surface area contributed by atoms with Gasteiger partial charge in [-0.1, -0.05) is 11.3 Å². The Morgan fingerprint density at radius 3 is 2.52 bits per heavy atom. The van der Waals surface area contributed by atoms with E-state index in [2.05, 4.69) is 4.99 Å². The van der Waals surface area contributed by atoms with Crippen molar-refractivity contribution in [2.24, 2.45) is 4.99 Å². The fourth-order valence-electron chi connectivity index (χ4n) is 2.68. The maximum atomic E-state index is 12.6. The topological polar surface area (TPSA) is 62.0 Å². The number of benzene rings is 2. The number of amides is 1. The number of ether oxygens (including phenoxy) is 3. The number of nitrogens with zero attached hydrogens (tertiary/aromatic N) is 2. The predicted octanol–water partition coefficient (Wildman–Crippen LogP) is 3.50. The molecule has 0 spiro atoms. The smallest absolute Gasteiger partial charge is 0.279 e. The van der Waals surface area contributed by atoms with Gasteiger partial charge < -0.3 is 18.8 Å². The maximum absolute atomic E-state index is 12.6. The summed E-state index contributed by atoms with van der Waals surface area (Å²) in [4.78, 5) is 17.6. The van der Waals surface area contributed by atoms with Crippen LogP contribution < -0.4 is 14.3 Å². The van der Waals surface area contributed by atoms with Gasteiger partial charge in [-0.15, -0.1) is 0 Å². The minimum absolute atomic E-state index is 0.291. The quantitative estimate of drug-likeness (QED) is 0.624. The average Bonchev–Trinajstić information content (AvgIpc) is 3.02. The first-order valence-electron chi connectivity index (χ1n) is 8.64. The highest BCUT2D eigenvalue weighted by molar-refractivity contribution is 7.16. The Labute approximate surface area is 161 Å². The van der Waals surface area contributed by atoms with Gasteiger partial charge in [0, 0.05) is 19.2 Å². The van der Waals surface area contributed by atoms with Gasteiger partial charge in [0.2, 0.25) is 0 Å². The molecule has 27 heavy (non-hydrogen) atoms. The molecule has 1 heterocycles. The van der Waals surface area contributed by atoms with Crippen LogP contribution in [0.15, 0.2) is 47.5 Å². The Morgan fingerprint density at radius 1 is 1.11 bits per heavy atom. The SMILES string of the molecule is CCOc1ccc2c(c1)sc(=NC(=O)c1ccc(OC)cc1)n2CCOC. The van der Waals surface area contributed by atoms with Crippen molar-refractivity contribution in [2.75, 3.05) is 27.4 Å². The summed E-state index contributed by atoms with van der Waals surface area (Å²) >= 11 is 1.46. The number of carbonyl (C=O) groups is 1. The standard InChI is InChI=1S/C20H22N2O4S/c1-4-26-16-9-10-17-18(13-16)27-20(22(17)11-12-24-2)21-19(23)14-5-7-15(25-3)8-6-14/h5-10,13H,4,11-12H2,1-3H3. The van der Waals surface area contributed by atoms with Crippen LogP contribution in [0.3, 0.4) is 0 Å². The molecule has 142 valence electrons. The number of hydrogen-bond acceptors (Lipinski definition) is 5. The number of hydrogen-bond donors (Lipinski definition) is 0. The van der Waals surface area contributed by atoms with Crippen LogP contribution in [-0.4, -0.2) is 37.9 Å². The van der Waals surface area contributed by atoms with Gasteiger partial charge >= 0.3 is 0 Å². The molecule has 0 unspecified atom stereocenters. The summed E-state index contributed by atoms with van der Waals surface area (Å²) in [6.07, 6.45) is 0. The van der Waals surface area contributed by atoms with E-state index in [0.29, 0.717) is 35.9 Å². The number of carbonyl (C=O) groups excluding carboxylic acids is 1. The maximum Gasteiger partial charge on any atom is 0.279 e. The number of aromatic nitrogens is 1. The summed E-state index contributed by atoms with van der Waals surface area (Å²) in [6, 6.07) is 12.8. The molecule has 3 aromatic rings. The minimum Gasteiger partial charge on any atom is -0.497 e. The number of fused-ring (bicyclic) bond motifs is 1. The van der Waals surface area contributed by atoms with Crippen LogP contribution in [-0.2, 0) is 11.3 Å². The first-order valence-corrected chi connectivity index (χ1v) is 9.46. The van der Waals surface area contributed by atoms with E-state index in [4.69, 9.17) is 14.2 Å². The van der Waals surface area contributed by atoms with Crippen molar-refractivity contribution in [1.82, 2.24) is 4.57 Å². The largest absolute Gasteiger partial charge is 0.497 e. The molecule has 1 amide bonds. The van der Waals surface area contributed by atoms with Crippen LogP contribution in [0.2, 0.25) is 0 Å². The third-order valence-electron chi connectivity index (χ3n) is 4.02. The Hall–Kier alpha value is -2.64. The monoisotopic (exact) mass is 386 g/mol. The summed E-state index contributed by atoms with van der Waals surface area (Å²) in [5, 5.41) is 0.